The molecule has 17 heavy (non-hydrogen) atoms. The molecule has 1 aromatic rings. The number of morpholine rings is 1. The molecule has 4 nitrogen and oxygen atoms in total. The number of nitrogens with one attached hydrogen (secondary N) is 1. The first-order valence-electron chi connectivity index (χ1n) is 5.77. The van der Waals surface area contributed by atoms with Gasteiger partial charge in [-0.25, -0.2) is 0 Å². The van der Waals surface area contributed by atoms with E-state index in [1.54, 1.807) is 14.2 Å². The summed E-state index contributed by atoms with van der Waals surface area (Å²) in [6, 6.07) is 5.78. The Balaban J connectivity index is 2.40. The number of methoxy groups -OCH3 is 2. The molecule has 0 radical (unpaired) electrons. The van der Waals surface area contributed by atoms with Crippen LogP contribution in [-0.4, -0.2) is 33.9 Å². The molecule has 0 amide bonds. The molecule has 0 saturated carbocycles. The molecule has 0 aromatic heterocycles. The van der Waals surface area contributed by atoms with E-state index in [4.69, 9.17) is 14.2 Å². The summed E-state index contributed by atoms with van der Waals surface area (Å²) in [5, 5.41) is 3.34. The van der Waals surface area contributed by atoms with E-state index in [2.05, 4.69) is 12.2 Å². The average Bonchev–Trinajstić information content (AvgIpc) is 2.39. The average molecular weight is 237 g/mol. The molecule has 1 aromatic carbocycles. The molecule has 1 fully saturated rings. The number of hydrogen-bond acceptors (Lipinski definition) is 4. The maximum Gasteiger partial charge on any atom is 0.125 e. The van der Waals surface area contributed by atoms with Gasteiger partial charge in [-0.15, -0.1) is 0 Å². The van der Waals surface area contributed by atoms with Gasteiger partial charge in [0.15, 0.2) is 0 Å². The third-order valence-corrected chi connectivity index (χ3v) is 3.14. The van der Waals surface area contributed by atoms with Crippen LogP contribution in [-0.2, 0) is 10.3 Å². The number of hydrogen-bond donors (Lipinski definition) is 1. The Bertz CT molecular complexity index is 386. The summed E-state index contributed by atoms with van der Waals surface area (Å²) in [6.45, 7) is 4.44. The molecule has 1 atom stereocenters. The van der Waals surface area contributed by atoms with Gasteiger partial charge in [0.2, 0.25) is 0 Å². The standard InChI is InChI=1S/C13H19NO3/c1-13(9-14-6-7-17-13)11-8-10(15-2)4-5-12(11)16-3/h4-5,8,14H,6-7,9H2,1-3H3. The quantitative estimate of drug-likeness (QED) is 0.865. The van der Waals surface area contributed by atoms with E-state index in [9.17, 15) is 0 Å². The summed E-state index contributed by atoms with van der Waals surface area (Å²) in [5.41, 5.74) is 0.657. The van der Waals surface area contributed by atoms with Crippen molar-refractivity contribution in [3.63, 3.8) is 0 Å². The van der Waals surface area contributed by atoms with E-state index in [0.717, 1.165) is 30.2 Å². The van der Waals surface area contributed by atoms with E-state index in [1.165, 1.54) is 0 Å². The lowest BCUT2D eigenvalue weighted by Crippen LogP contribution is -2.45. The van der Waals surface area contributed by atoms with Gasteiger partial charge >= 0.3 is 0 Å². The van der Waals surface area contributed by atoms with Crippen molar-refractivity contribution in [2.45, 2.75) is 12.5 Å². The fraction of sp³-hybridized carbons (Fsp3) is 0.538. The fourth-order valence-electron chi connectivity index (χ4n) is 2.13. The van der Waals surface area contributed by atoms with Crippen molar-refractivity contribution in [3.8, 4) is 11.5 Å². The van der Waals surface area contributed by atoms with Crippen LogP contribution >= 0.6 is 0 Å². The van der Waals surface area contributed by atoms with Crippen molar-refractivity contribution in [1.82, 2.24) is 5.32 Å². The zero-order chi connectivity index (χ0) is 12.3. The van der Waals surface area contributed by atoms with Crippen molar-refractivity contribution in [3.05, 3.63) is 23.8 Å². The Hall–Kier alpha value is -1.26. The highest BCUT2D eigenvalue weighted by Gasteiger charge is 2.33. The van der Waals surface area contributed by atoms with E-state index in [-0.39, 0.29) is 5.60 Å². The van der Waals surface area contributed by atoms with Crippen LogP contribution in [0, 0.1) is 0 Å². The Morgan fingerprint density at radius 2 is 2.12 bits per heavy atom. The van der Waals surface area contributed by atoms with Crippen molar-refractivity contribution in [2.24, 2.45) is 0 Å². The highest BCUT2D eigenvalue weighted by Crippen LogP contribution is 2.36. The maximum atomic E-state index is 5.90. The van der Waals surface area contributed by atoms with Gasteiger partial charge in [0.05, 0.1) is 20.8 Å². The summed E-state index contributed by atoms with van der Waals surface area (Å²) in [4.78, 5) is 0. The Morgan fingerprint density at radius 3 is 2.71 bits per heavy atom. The van der Waals surface area contributed by atoms with Gasteiger partial charge in [0.1, 0.15) is 17.1 Å². The maximum absolute atomic E-state index is 5.90. The zero-order valence-electron chi connectivity index (χ0n) is 10.6. The van der Waals surface area contributed by atoms with Gasteiger partial charge in [0.25, 0.3) is 0 Å². The molecule has 0 aliphatic carbocycles. The first kappa shape index (κ1) is 12.2. The topological polar surface area (TPSA) is 39.7 Å². The SMILES string of the molecule is COc1ccc(OC)c(C2(C)CNCCO2)c1. The smallest absolute Gasteiger partial charge is 0.125 e. The Labute approximate surface area is 102 Å². The highest BCUT2D eigenvalue weighted by molar-refractivity contribution is 5.44. The Kier molecular flexibility index (Phi) is 3.54. The normalized spacial score (nSPS) is 24.4. The van der Waals surface area contributed by atoms with Crippen molar-refractivity contribution >= 4 is 0 Å². The number of ether oxygens (including phenoxy) is 3. The van der Waals surface area contributed by atoms with Gasteiger partial charge in [-0.2, -0.15) is 0 Å². The highest BCUT2D eigenvalue weighted by atomic mass is 16.5. The minimum Gasteiger partial charge on any atom is -0.497 e. The van der Waals surface area contributed by atoms with Gasteiger partial charge < -0.3 is 19.5 Å². The van der Waals surface area contributed by atoms with Crippen LogP contribution in [0.5, 0.6) is 11.5 Å². The van der Waals surface area contributed by atoms with Crippen LogP contribution in [0.15, 0.2) is 18.2 Å². The van der Waals surface area contributed by atoms with E-state index in [1.807, 2.05) is 18.2 Å². The summed E-state index contributed by atoms with van der Waals surface area (Å²) < 4.78 is 16.6. The van der Waals surface area contributed by atoms with Crippen molar-refractivity contribution in [1.29, 1.82) is 0 Å². The molecule has 94 valence electrons. The number of rotatable bonds is 3. The molecule has 1 N–H and O–H groups in total. The van der Waals surface area contributed by atoms with Gasteiger partial charge in [0, 0.05) is 18.7 Å². The second-order valence-corrected chi connectivity index (χ2v) is 4.32. The first-order valence-corrected chi connectivity index (χ1v) is 5.77. The number of benzene rings is 1. The summed E-state index contributed by atoms with van der Waals surface area (Å²) in [5.74, 6) is 1.65. The second-order valence-electron chi connectivity index (χ2n) is 4.32. The predicted octanol–water partition coefficient (Wildman–Crippen LogP) is 1.54. The van der Waals surface area contributed by atoms with Crippen LogP contribution in [0.25, 0.3) is 0 Å². The first-order chi connectivity index (χ1) is 8.19. The largest absolute Gasteiger partial charge is 0.497 e. The lowest BCUT2D eigenvalue weighted by atomic mass is 9.93. The van der Waals surface area contributed by atoms with Crippen molar-refractivity contribution in [2.75, 3.05) is 33.9 Å². The lowest BCUT2D eigenvalue weighted by molar-refractivity contribution is -0.0585. The van der Waals surface area contributed by atoms with Crippen LogP contribution in [0.2, 0.25) is 0 Å². The molecule has 1 heterocycles. The fourth-order valence-corrected chi connectivity index (χ4v) is 2.13. The van der Waals surface area contributed by atoms with Gasteiger partial charge in [-0.05, 0) is 25.1 Å². The monoisotopic (exact) mass is 237 g/mol. The molecule has 4 heteroatoms. The van der Waals surface area contributed by atoms with Gasteiger partial charge in [-0.1, -0.05) is 0 Å². The Morgan fingerprint density at radius 1 is 1.29 bits per heavy atom. The molecular weight excluding hydrogens is 218 g/mol. The van der Waals surface area contributed by atoms with E-state index < -0.39 is 0 Å². The summed E-state index contributed by atoms with van der Waals surface area (Å²) in [6.07, 6.45) is 0. The van der Waals surface area contributed by atoms with Crippen LogP contribution < -0.4 is 14.8 Å². The summed E-state index contributed by atoms with van der Waals surface area (Å²) in [7, 11) is 3.33. The lowest BCUT2D eigenvalue weighted by Gasteiger charge is -2.35. The summed E-state index contributed by atoms with van der Waals surface area (Å²) >= 11 is 0. The van der Waals surface area contributed by atoms with Crippen molar-refractivity contribution < 1.29 is 14.2 Å². The zero-order valence-corrected chi connectivity index (χ0v) is 10.6. The molecule has 2 rings (SSSR count). The second kappa shape index (κ2) is 4.94. The van der Waals surface area contributed by atoms with E-state index >= 15 is 0 Å². The molecular formula is C13H19NO3. The molecule has 1 unspecified atom stereocenters. The molecule has 1 aliphatic heterocycles. The molecule has 1 aliphatic rings. The van der Waals surface area contributed by atoms with Crippen LogP contribution in [0.3, 0.4) is 0 Å². The van der Waals surface area contributed by atoms with E-state index in [0.29, 0.717) is 6.61 Å². The van der Waals surface area contributed by atoms with Crippen LogP contribution in [0.4, 0.5) is 0 Å². The molecule has 1 saturated heterocycles. The van der Waals surface area contributed by atoms with Gasteiger partial charge in [-0.3, -0.25) is 0 Å². The minimum atomic E-state index is -0.363. The predicted molar refractivity (Wildman–Crippen MR) is 65.7 cm³/mol. The van der Waals surface area contributed by atoms with Crippen LogP contribution in [0.1, 0.15) is 12.5 Å². The third kappa shape index (κ3) is 2.37. The third-order valence-electron chi connectivity index (χ3n) is 3.14. The molecule has 0 spiro atoms. The minimum absolute atomic E-state index is 0.363. The molecule has 0 bridgehead atoms.